The molecule has 0 spiro atoms. The van der Waals surface area contributed by atoms with Crippen molar-refractivity contribution >= 4 is 17.3 Å². The van der Waals surface area contributed by atoms with Gasteiger partial charge in [0.25, 0.3) is 5.69 Å². The van der Waals surface area contributed by atoms with E-state index in [2.05, 4.69) is 5.32 Å². The molecule has 0 saturated carbocycles. The Morgan fingerprint density at radius 3 is 2.80 bits per heavy atom. The van der Waals surface area contributed by atoms with Crippen molar-refractivity contribution in [3.63, 3.8) is 0 Å². The molecule has 0 saturated heterocycles. The smallest absolute Gasteiger partial charge is 0.296 e. The number of phenols is 1. The Morgan fingerprint density at radius 2 is 2.27 bits per heavy atom. The highest BCUT2D eigenvalue weighted by molar-refractivity contribution is 5.96. The molecule has 1 aromatic carbocycles. The lowest BCUT2D eigenvalue weighted by atomic mass is 10.2. The van der Waals surface area contributed by atoms with Gasteiger partial charge in [0.2, 0.25) is 5.91 Å². The second-order valence-electron chi connectivity index (χ2n) is 2.68. The van der Waals surface area contributed by atoms with E-state index in [0.717, 1.165) is 0 Å². The molecule has 15 heavy (non-hydrogen) atoms. The van der Waals surface area contributed by atoms with Gasteiger partial charge in [-0.3, -0.25) is 14.9 Å². The van der Waals surface area contributed by atoms with E-state index in [-0.39, 0.29) is 23.7 Å². The Morgan fingerprint density at radius 1 is 1.60 bits per heavy atom. The SMILES string of the molecule is NCC(=O)Nc1c(O)cccc1[N+](=O)[O-]. The fourth-order valence-electron chi connectivity index (χ4n) is 0.999. The number of nitrogens with zero attached hydrogens (tertiary/aromatic N) is 1. The number of carbonyl (C=O) groups is 1. The Bertz CT molecular complexity index is 405. The maximum absolute atomic E-state index is 10.9. The van der Waals surface area contributed by atoms with E-state index in [1.165, 1.54) is 18.2 Å². The molecule has 1 aromatic rings. The van der Waals surface area contributed by atoms with Crippen LogP contribution in [0.25, 0.3) is 0 Å². The van der Waals surface area contributed by atoms with Gasteiger partial charge in [-0.1, -0.05) is 6.07 Å². The van der Waals surface area contributed by atoms with E-state index < -0.39 is 10.8 Å². The van der Waals surface area contributed by atoms with Crippen molar-refractivity contribution in [2.75, 3.05) is 11.9 Å². The number of nitro groups is 1. The minimum atomic E-state index is -0.703. The van der Waals surface area contributed by atoms with E-state index in [4.69, 9.17) is 5.73 Å². The van der Waals surface area contributed by atoms with Gasteiger partial charge in [0.15, 0.2) is 5.69 Å². The average molecular weight is 211 g/mol. The number of aromatic hydroxyl groups is 1. The standard InChI is InChI=1S/C8H9N3O4/c9-4-7(13)10-8-5(11(14)15)2-1-3-6(8)12/h1-3,12H,4,9H2,(H,10,13). The summed E-state index contributed by atoms with van der Waals surface area (Å²) >= 11 is 0. The van der Waals surface area contributed by atoms with E-state index in [0.29, 0.717) is 0 Å². The van der Waals surface area contributed by atoms with Gasteiger partial charge in [-0.25, -0.2) is 0 Å². The second kappa shape index (κ2) is 4.38. The Balaban J connectivity index is 3.13. The molecule has 0 radical (unpaired) electrons. The number of nitro benzene ring substituents is 1. The number of hydrogen-bond acceptors (Lipinski definition) is 5. The van der Waals surface area contributed by atoms with Crippen molar-refractivity contribution in [1.29, 1.82) is 0 Å². The van der Waals surface area contributed by atoms with Crippen LogP contribution >= 0.6 is 0 Å². The molecular weight excluding hydrogens is 202 g/mol. The summed E-state index contributed by atoms with van der Waals surface area (Å²) in [4.78, 5) is 20.8. The van der Waals surface area contributed by atoms with Crippen LogP contribution in [-0.4, -0.2) is 22.5 Å². The number of nitrogens with two attached hydrogens (primary N) is 1. The number of nitrogens with one attached hydrogen (secondary N) is 1. The minimum absolute atomic E-state index is 0.238. The summed E-state index contributed by atoms with van der Waals surface area (Å²) in [5, 5.41) is 22.0. The fourth-order valence-corrected chi connectivity index (χ4v) is 0.999. The Labute approximate surface area is 84.7 Å². The van der Waals surface area contributed by atoms with Crippen molar-refractivity contribution in [1.82, 2.24) is 0 Å². The molecular formula is C8H9N3O4. The molecule has 7 nitrogen and oxygen atoms in total. The molecule has 0 heterocycles. The maximum Gasteiger partial charge on any atom is 0.296 e. The van der Waals surface area contributed by atoms with Gasteiger partial charge in [0.1, 0.15) is 5.75 Å². The van der Waals surface area contributed by atoms with Gasteiger partial charge >= 0.3 is 0 Å². The van der Waals surface area contributed by atoms with Gasteiger partial charge < -0.3 is 16.2 Å². The Hall–Kier alpha value is -2.15. The van der Waals surface area contributed by atoms with Gasteiger partial charge in [-0.15, -0.1) is 0 Å². The molecule has 0 bridgehead atoms. The quantitative estimate of drug-likeness (QED) is 0.375. The molecule has 0 atom stereocenters. The number of phenolic OH excluding ortho intramolecular Hbond substituents is 1. The van der Waals surface area contributed by atoms with Crippen LogP contribution in [0, 0.1) is 10.1 Å². The van der Waals surface area contributed by atoms with Crippen LogP contribution in [0.3, 0.4) is 0 Å². The van der Waals surface area contributed by atoms with Crippen LogP contribution in [0.2, 0.25) is 0 Å². The lowest BCUT2D eigenvalue weighted by Crippen LogP contribution is -2.22. The number of para-hydroxylation sites is 1. The first-order chi connectivity index (χ1) is 7.06. The highest BCUT2D eigenvalue weighted by Crippen LogP contribution is 2.32. The largest absolute Gasteiger partial charge is 0.505 e. The topological polar surface area (TPSA) is 118 Å². The van der Waals surface area contributed by atoms with Crippen molar-refractivity contribution in [2.24, 2.45) is 5.73 Å². The molecule has 1 rings (SSSR count). The molecule has 0 aliphatic heterocycles. The zero-order chi connectivity index (χ0) is 11.4. The second-order valence-corrected chi connectivity index (χ2v) is 2.68. The van der Waals surface area contributed by atoms with Gasteiger partial charge in [-0.05, 0) is 6.07 Å². The van der Waals surface area contributed by atoms with E-state index in [1.807, 2.05) is 0 Å². The number of anilines is 1. The number of benzene rings is 1. The van der Waals surface area contributed by atoms with Crippen molar-refractivity contribution < 1.29 is 14.8 Å². The van der Waals surface area contributed by atoms with Crippen LogP contribution in [0.15, 0.2) is 18.2 Å². The average Bonchev–Trinajstić information content (AvgIpc) is 2.20. The molecule has 0 fully saturated rings. The van der Waals surface area contributed by atoms with Crippen molar-refractivity contribution in [3.8, 4) is 5.75 Å². The first-order valence-electron chi connectivity index (χ1n) is 4.02. The number of rotatable bonds is 3. The van der Waals surface area contributed by atoms with Crippen LogP contribution in [0.1, 0.15) is 0 Å². The maximum atomic E-state index is 10.9. The van der Waals surface area contributed by atoms with E-state index in [9.17, 15) is 20.0 Å². The lowest BCUT2D eigenvalue weighted by Gasteiger charge is -2.05. The van der Waals surface area contributed by atoms with Gasteiger partial charge in [0.05, 0.1) is 11.5 Å². The summed E-state index contributed by atoms with van der Waals surface area (Å²) in [7, 11) is 0. The summed E-state index contributed by atoms with van der Waals surface area (Å²) < 4.78 is 0. The molecule has 0 unspecified atom stereocenters. The molecule has 1 amide bonds. The monoisotopic (exact) mass is 211 g/mol. The minimum Gasteiger partial charge on any atom is -0.505 e. The third kappa shape index (κ3) is 2.41. The van der Waals surface area contributed by atoms with Crippen LogP contribution in [0.5, 0.6) is 5.75 Å². The van der Waals surface area contributed by atoms with Gasteiger partial charge in [0, 0.05) is 6.07 Å². The fraction of sp³-hybridized carbons (Fsp3) is 0.125. The zero-order valence-corrected chi connectivity index (χ0v) is 7.64. The first kappa shape index (κ1) is 10.9. The Kier molecular flexibility index (Phi) is 3.19. The number of amides is 1. The molecule has 0 aliphatic rings. The number of hydrogen-bond donors (Lipinski definition) is 3. The summed E-state index contributed by atoms with van der Waals surface area (Å²) in [6.07, 6.45) is 0. The predicted octanol–water partition coefficient (Wildman–Crippen LogP) is 0.198. The predicted molar refractivity (Wildman–Crippen MR) is 52.4 cm³/mol. The molecule has 80 valence electrons. The number of carbonyl (C=O) groups excluding carboxylic acids is 1. The van der Waals surface area contributed by atoms with Crippen LogP contribution in [-0.2, 0) is 4.79 Å². The molecule has 7 heteroatoms. The van der Waals surface area contributed by atoms with E-state index in [1.54, 1.807) is 0 Å². The van der Waals surface area contributed by atoms with Gasteiger partial charge in [-0.2, -0.15) is 0 Å². The van der Waals surface area contributed by atoms with Crippen LogP contribution < -0.4 is 11.1 Å². The van der Waals surface area contributed by atoms with Crippen LogP contribution in [0.4, 0.5) is 11.4 Å². The highest BCUT2D eigenvalue weighted by atomic mass is 16.6. The highest BCUT2D eigenvalue weighted by Gasteiger charge is 2.18. The first-order valence-corrected chi connectivity index (χ1v) is 4.02. The summed E-state index contributed by atoms with van der Waals surface area (Å²) in [6, 6.07) is 3.72. The zero-order valence-electron chi connectivity index (χ0n) is 7.64. The van der Waals surface area contributed by atoms with Crippen molar-refractivity contribution in [3.05, 3.63) is 28.3 Å². The third-order valence-corrected chi connectivity index (χ3v) is 1.67. The normalized spacial score (nSPS) is 9.67. The van der Waals surface area contributed by atoms with E-state index >= 15 is 0 Å². The lowest BCUT2D eigenvalue weighted by molar-refractivity contribution is -0.384. The third-order valence-electron chi connectivity index (χ3n) is 1.67. The molecule has 0 aromatic heterocycles. The molecule has 0 aliphatic carbocycles. The summed E-state index contributed by atoms with van der Waals surface area (Å²) in [6.45, 7) is -0.314. The van der Waals surface area contributed by atoms with Crippen molar-refractivity contribution in [2.45, 2.75) is 0 Å². The summed E-state index contributed by atoms with van der Waals surface area (Å²) in [5.41, 5.74) is 4.42. The molecule has 4 N–H and O–H groups in total. The summed E-state index contributed by atoms with van der Waals surface area (Å²) in [5.74, 6) is -0.981.